The summed E-state index contributed by atoms with van der Waals surface area (Å²) in [5, 5.41) is 30.4. The van der Waals surface area contributed by atoms with Crippen LogP contribution in [0.2, 0.25) is 0 Å². The molecule has 0 atom stereocenters. The Balaban J connectivity index is 0.000000132. The molecule has 0 spiro atoms. The van der Waals surface area contributed by atoms with Crippen molar-refractivity contribution in [3.63, 3.8) is 0 Å². The standard InChI is InChI=1S/C44H27N5.C26H15Br2N3.C9H8BNO2/c1-5-13-37-28(9-1)16-20-39(47-37)30-18-23-43-35(25-30)36-26-34(40-21-17-29-10-2-6-14-38(29)48-40)32-11-3-4-12-33(32)44(36)49(43)31-19-22-42(46-27-31)41-15-7-8-24-45-41;27-16-8-11-25-20(13-16)21-14-22(28)18-5-1-2-6-19(18)26(21)31(25)17-9-10-24(30-15-17)23-7-3-4-12-29-23;12-10(13)9-6-5-7-3-1-2-4-8(7)11-9/h1-27H;1-15H;1-6,12-13H. The number of benzene rings is 9. The number of halogens is 2. The number of fused-ring (bicyclic) bond motifs is 13. The summed E-state index contributed by atoms with van der Waals surface area (Å²) in [4.78, 5) is 32.8. The van der Waals surface area contributed by atoms with E-state index in [1.54, 1.807) is 18.5 Å². The molecule has 9 aromatic carbocycles. The second-order valence-electron chi connectivity index (χ2n) is 22.5. The van der Waals surface area contributed by atoms with Gasteiger partial charge in [-0.2, -0.15) is 0 Å². The normalized spacial score (nSPS) is 11.4. The summed E-state index contributed by atoms with van der Waals surface area (Å²) in [6, 6.07) is 91.0. The van der Waals surface area contributed by atoms with E-state index in [1.807, 2.05) is 97.3 Å². The third-order valence-corrected chi connectivity index (χ3v) is 18.1. The van der Waals surface area contributed by atoms with Crippen LogP contribution in [-0.2, 0) is 0 Å². The van der Waals surface area contributed by atoms with Crippen LogP contribution in [0.4, 0.5) is 0 Å². The number of hydrogen-bond acceptors (Lipinski definition) is 9. The van der Waals surface area contributed by atoms with Gasteiger partial charge in [0.2, 0.25) is 0 Å². The lowest BCUT2D eigenvalue weighted by atomic mass is 9.85. The second kappa shape index (κ2) is 24.2. The molecule has 0 aliphatic rings. The van der Waals surface area contributed by atoms with Crippen molar-refractivity contribution in [1.82, 2.24) is 44.0 Å². The Bertz CT molecular complexity index is 5890. The molecule has 0 bridgehead atoms. The molecule has 0 unspecified atom stereocenters. The van der Waals surface area contributed by atoms with E-state index in [9.17, 15) is 0 Å². The summed E-state index contributed by atoms with van der Waals surface area (Å²) in [5.74, 6) is 0. The second-order valence-corrected chi connectivity index (χ2v) is 24.3. The van der Waals surface area contributed by atoms with Crippen LogP contribution in [0, 0.1) is 0 Å². The van der Waals surface area contributed by atoms with E-state index < -0.39 is 7.12 Å². The first-order valence-electron chi connectivity index (χ1n) is 30.3. The van der Waals surface area contributed by atoms with Gasteiger partial charge in [-0.15, -0.1) is 0 Å². The molecule has 9 heterocycles. The van der Waals surface area contributed by atoms with Crippen molar-refractivity contribution in [1.29, 1.82) is 0 Å². The molecule has 11 nitrogen and oxygen atoms in total. The van der Waals surface area contributed by atoms with Crippen molar-refractivity contribution in [3.8, 4) is 56.7 Å². The smallest absolute Gasteiger partial charge is 0.422 e. The number of aromatic nitrogens is 9. The highest BCUT2D eigenvalue weighted by molar-refractivity contribution is 9.11. The van der Waals surface area contributed by atoms with Crippen LogP contribution in [0.5, 0.6) is 0 Å². The van der Waals surface area contributed by atoms with E-state index in [1.165, 1.54) is 27.1 Å². The highest BCUT2D eigenvalue weighted by Crippen LogP contribution is 2.44. The Morgan fingerprint density at radius 3 is 1.35 bits per heavy atom. The Morgan fingerprint density at radius 1 is 0.323 bits per heavy atom. The van der Waals surface area contributed by atoms with Gasteiger partial charge < -0.3 is 19.2 Å². The molecular formula is C79H50BBr2N9O2. The number of pyridine rings is 7. The summed E-state index contributed by atoms with van der Waals surface area (Å²) in [7, 11) is -1.50. The van der Waals surface area contributed by atoms with Gasteiger partial charge in [-0.3, -0.25) is 24.9 Å². The van der Waals surface area contributed by atoms with Crippen molar-refractivity contribution < 1.29 is 10.0 Å². The van der Waals surface area contributed by atoms with Crippen molar-refractivity contribution in [2.45, 2.75) is 0 Å². The molecule has 0 aliphatic carbocycles. The zero-order chi connectivity index (χ0) is 62.5. The maximum atomic E-state index is 8.88. The summed E-state index contributed by atoms with van der Waals surface area (Å²) < 4.78 is 6.81. The topological polar surface area (TPSA) is 141 Å². The van der Waals surface area contributed by atoms with E-state index in [0.29, 0.717) is 0 Å². The van der Waals surface area contributed by atoms with E-state index in [2.05, 4.69) is 232 Å². The molecule has 0 amide bonds. The van der Waals surface area contributed by atoms with Crippen LogP contribution in [0.3, 0.4) is 0 Å². The van der Waals surface area contributed by atoms with Crippen LogP contribution < -0.4 is 5.59 Å². The van der Waals surface area contributed by atoms with Crippen LogP contribution >= 0.6 is 31.9 Å². The minimum Gasteiger partial charge on any atom is -0.422 e. The lowest BCUT2D eigenvalue weighted by Gasteiger charge is -2.13. The van der Waals surface area contributed by atoms with Crippen molar-refractivity contribution >= 4 is 142 Å². The Kier molecular flexibility index (Phi) is 14.9. The predicted molar refractivity (Wildman–Crippen MR) is 387 cm³/mol. The van der Waals surface area contributed by atoms with Gasteiger partial charge in [0.05, 0.1) is 102 Å². The molecule has 9 aromatic heterocycles. The maximum absolute atomic E-state index is 8.88. The highest BCUT2D eigenvalue weighted by atomic mass is 79.9. The number of nitrogens with zero attached hydrogens (tertiary/aromatic N) is 9. The minimum atomic E-state index is -1.50. The SMILES string of the molecule is Brc1ccc2c(c1)c1cc(Br)c3ccccc3c1n2-c1ccc(-c2ccccn2)nc1.OB(O)c1ccc2ccccc2n1.c1ccc(-c2ccc(-n3c4ccc(-c5ccc6ccccc6n5)cc4c4cc(-c5ccc6ccccc6n5)c5ccccc5c43)cn2)nc1. The van der Waals surface area contributed by atoms with Crippen LogP contribution in [0.1, 0.15) is 0 Å². The first kappa shape index (κ1) is 57.1. The molecule has 93 heavy (non-hydrogen) atoms. The van der Waals surface area contributed by atoms with Crippen molar-refractivity contribution in [3.05, 3.63) is 301 Å². The largest absolute Gasteiger partial charge is 0.508 e. The van der Waals surface area contributed by atoms with E-state index in [4.69, 9.17) is 30.0 Å². The van der Waals surface area contributed by atoms with Gasteiger partial charge >= 0.3 is 7.12 Å². The Morgan fingerprint density at radius 2 is 0.785 bits per heavy atom. The molecule has 440 valence electrons. The molecule has 0 radical (unpaired) electrons. The predicted octanol–water partition coefficient (Wildman–Crippen LogP) is 18.7. The fourth-order valence-electron chi connectivity index (χ4n) is 12.6. The Hall–Kier alpha value is -11.1. The average molecular weight is 1330 g/mol. The fourth-order valence-corrected chi connectivity index (χ4v) is 13.6. The van der Waals surface area contributed by atoms with Crippen molar-refractivity contribution in [2.24, 2.45) is 0 Å². The number of hydrogen-bond donors (Lipinski definition) is 2. The molecule has 0 saturated carbocycles. The highest BCUT2D eigenvalue weighted by Gasteiger charge is 2.22. The van der Waals surface area contributed by atoms with E-state index >= 15 is 0 Å². The Labute approximate surface area is 550 Å². The van der Waals surface area contributed by atoms with Gasteiger partial charge in [0.25, 0.3) is 0 Å². The van der Waals surface area contributed by atoms with Gasteiger partial charge in [-0.05, 0) is 138 Å². The van der Waals surface area contributed by atoms with E-state index in [-0.39, 0.29) is 5.59 Å². The minimum absolute atomic E-state index is 0.277. The molecule has 0 fully saturated rings. The van der Waals surface area contributed by atoms with Crippen LogP contribution in [0.15, 0.2) is 301 Å². The van der Waals surface area contributed by atoms with Crippen molar-refractivity contribution in [2.75, 3.05) is 0 Å². The summed E-state index contributed by atoms with van der Waals surface area (Å²) >= 11 is 7.43. The number of para-hydroxylation sites is 3. The third kappa shape index (κ3) is 10.7. The number of rotatable bonds is 7. The molecule has 18 aromatic rings. The monoisotopic (exact) mass is 1330 g/mol. The first-order chi connectivity index (χ1) is 45.8. The molecule has 0 aliphatic heterocycles. The lowest BCUT2D eigenvalue weighted by molar-refractivity contribution is 0.424. The van der Waals surface area contributed by atoms with Gasteiger partial charge in [0.1, 0.15) is 0 Å². The summed E-state index contributed by atoms with van der Waals surface area (Å²) in [6.45, 7) is 0. The van der Waals surface area contributed by atoms with Gasteiger partial charge in [0, 0.05) is 80.9 Å². The lowest BCUT2D eigenvalue weighted by Crippen LogP contribution is -2.32. The van der Waals surface area contributed by atoms with Crippen LogP contribution in [0.25, 0.3) is 155 Å². The zero-order valence-electron chi connectivity index (χ0n) is 49.5. The molecule has 14 heteroatoms. The van der Waals surface area contributed by atoms with Gasteiger partial charge in [0.15, 0.2) is 0 Å². The maximum Gasteiger partial charge on any atom is 0.508 e. The zero-order valence-corrected chi connectivity index (χ0v) is 52.6. The quantitative estimate of drug-likeness (QED) is 0.149. The third-order valence-electron chi connectivity index (χ3n) is 17.0. The molecule has 18 rings (SSSR count). The molecule has 0 saturated heterocycles. The van der Waals surface area contributed by atoms with Gasteiger partial charge in [-0.25, -0.2) is 9.97 Å². The fraction of sp³-hybridized carbons (Fsp3) is 0. The molecular weight excluding hydrogens is 1280 g/mol. The summed E-state index contributed by atoms with van der Waals surface area (Å²) in [5.41, 5.74) is 17.1. The summed E-state index contributed by atoms with van der Waals surface area (Å²) in [6.07, 6.45) is 7.48. The first-order valence-corrected chi connectivity index (χ1v) is 31.9. The average Bonchev–Trinajstić information content (AvgIpc) is 1.56. The molecule has 2 N–H and O–H groups in total. The van der Waals surface area contributed by atoms with Crippen LogP contribution in [-0.4, -0.2) is 61.2 Å². The van der Waals surface area contributed by atoms with E-state index in [0.717, 1.165) is 136 Å². The van der Waals surface area contributed by atoms with Gasteiger partial charge in [-0.1, -0.05) is 171 Å².